The van der Waals surface area contributed by atoms with E-state index in [2.05, 4.69) is 27.8 Å². The first-order valence-corrected chi connectivity index (χ1v) is 9.07. The van der Waals surface area contributed by atoms with Gasteiger partial charge in [0.1, 0.15) is 0 Å². The van der Waals surface area contributed by atoms with E-state index in [-0.39, 0.29) is 0 Å². The number of para-hydroxylation sites is 1. The van der Waals surface area contributed by atoms with Crippen molar-refractivity contribution < 1.29 is 0 Å². The Balaban J connectivity index is 1.39. The maximum Gasteiger partial charge on any atom is 0.0638 e. The van der Waals surface area contributed by atoms with Crippen LogP contribution in [0.5, 0.6) is 0 Å². The molecular weight excluding hydrogens is 344 g/mol. The van der Waals surface area contributed by atoms with Crippen molar-refractivity contribution in [2.24, 2.45) is 4.99 Å². The van der Waals surface area contributed by atoms with Gasteiger partial charge in [-0.15, -0.1) is 0 Å². The SMILES string of the molecule is N=C1C=CC(=Nc2ccc(Nc3ccc(Nc4ccccc4)cc3)cc2)C=C1. The number of nitrogens with one attached hydrogen (secondary N) is 3. The molecule has 3 N–H and O–H groups in total. The minimum Gasteiger partial charge on any atom is -0.356 e. The molecule has 0 heterocycles. The van der Waals surface area contributed by atoms with Gasteiger partial charge in [-0.2, -0.15) is 0 Å². The summed E-state index contributed by atoms with van der Waals surface area (Å²) >= 11 is 0. The van der Waals surface area contributed by atoms with E-state index in [0.29, 0.717) is 5.71 Å². The van der Waals surface area contributed by atoms with Crippen LogP contribution in [0.3, 0.4) is 0 Å². The predicted octanol–water partition coefficient (Wildman–Crippen LogP) is 6.39. The van der Waals surface area contributed by atoms with Gasteiger partial charge in [0, 0.05) is 22.7 Å². The maximum atomic E-state index is 7.52. The second-order valence-electron chi connectivity index (χ2n) is 6.40. The Labute approximate surface area is 164 Å². The monoisotopic (exact) mass is 364 g/mol. The van der Waals surface area contributed by atoms with Crippen molar-refractivity contribution in [1.29, 1.82) is 5.41 Å². The van der Waals surface area contributed by atoms with Crippen molar-refractivity contribution >= 4 is 39.9 Å². The zero-order valence-corrected chi connectivity index (χ0v) is 15.3. The van der Waals surface area contributed by atoms with Gasteiger partial charge in [-0.3, -0.25) is 0 Å². The van der Waals surface area contributed by atoms with Crippen LogP contribution in [-0.2, 0) is 0 Å². The lowest BCUT2D eigenvalue weighted by Gasteiger charge is -2.10. The fraction of sp³-hybridized carbons (Fsp3) is 0. The average Bonchev–Trinajstić information content (AvgIpc) is 2.73. The first kappa shape index (κ1) is 17.5. The molecule has 0 aromatic heterocycles. The number of hydrogen-bond donors (Lipinski definition) is 3. The number of benzene rings is 3. The molecule has 136 valence electrons. The number of aliphatic imine (C=N–C) groups is 1. The number of nitrogens with zero attached hydrogens (tertiary/aromatic N) is 1. The minimum absolute atomic E-state index is 0.489. The van der Waals surface area contributed by atoms with Gasteiger partial charge in [0.25, 0.3) is 0 Å². The van der Waals surface area contributed by atoms with Crippen LogP contribution in [0.2, 0.25) is 0 Å². The van der Waals surface area contributed by atoms with E-state index >= 15 is 0 Å². The van der Waals surface area contributed by atoms with Crippen LogP contribution in [0.4, 0.5) is 28.4 Å². The van der Waals surface area contributed by atoms with Gasteiger partial charge >= 0.3 is 0 Å². The largest absolute Gasteiger partial charge is 0.356 e. The lowest BCUT2D eigenvalue weighted by Crippen LogP contribution is -1.97. The molecule has 0 unspecified atom stereocenters. The average molecular weight is 364 g/mol. The summed E-state index contributed by atoms with van der Waals surface area (Å²) < 4.78 is 0. The van der Waals surface area contributed by atoms with Crippen LogP contribution in [-0.4, -0.2) is 11.4 Å². The Morgan fingerprint density at radius 1 is 0.536 bits per heavy atom. The van der Waals surface area contributed by atoms with Crippen molar-refractivity contribution in [1.82, 2.24) is 0 Å². The van der Waals surface area contributed by atoms with Crippen LogP contribution in [0, 0.1) is 5.41 Å². The molecule has 0 aliphatic heterocycles. The Kier molecular flexibility index (Phi) is 5.11. The molecular formula is C24H20N4. The number of rotatable bonds is 5. The first-order chi connectivity index (χ1) is 13.7. The molecule has 0 spiro atoms. The molecule has 3 aromatic rings. The topological polar surface area (TPSA) is 60.3 Å². The molecule has 1 aliphatic carbocycles. The summed E-state index contributed by atoms with van der Waals surface area (Å²) in [7, 11) is 0. The summed E-state index contributed by atoms with van der Waals surface area (Å²) in [5, 5.41) is 14.3. The quantitative estimate of drug-likeness (QED) is 0.459. The van der Waals surface area contributed by atoms with Crippen molar-refractivity contribution in [2.45, 2.75) is 0 Å². The highest BCUT2D eigenvalue weighted by atomic mass is 14.9. The van der Waals surface area contributed by atoms with Crippen LogP contribution in [0.25, 0.3) is 0 Å². The minimum atomic E-state index is 0.489. The van der Waals surface area contributed by atoms with E-state index in [9.17, 15) is 0 Å². The van der Waals surface area contributed by atoms with Crippen LogP contribution in [0.1, 0.15) is 0 Å². The van der Waals surface area contributed by atoms with Crippen molar-refractivity contribution in [2.75, 3.05) is 10.6 Å². The van der Waals surface area contributed by atoms with Crippen LogP contribution in [0.15, 0.2) is 108 Å². The molecule has 0 saturated carbocycles. The summed E-state index contributed by atoms with van der Waals surface area (Å²) in [5.74, 6) is 0. The van der Waals surface area contributed by atoms with Gasteiger partial charge in [-0.25, -0.2) is 4.99 Å². The summed E-state index contributed by atoms with van der Waals surface area (Å²) in [4.78, 5) is 4.56. The van der Waals surface area contributed by atoms with E-state index in [1.807, 2.05) is 78.9 Å². The maximum absolute atomic E-state index is 7.52. The molecule has 4 nitrogen and oxygen atoms in total. The lowest BCUT2D eigenvalue weighted by molar-refractivity contribution is 1.48. The summed E-state index contributed by atoms with van der Waals surface area (Å²) in [6, 6.07) is 26.3. The summed E-state index contributed by atoms with van der Waals surface area (Å²) in [5.41, 5.74) is 6.36. The van der Waals surface area contributed by atoms with Gasteiger partial charge in [0.15, 0.2) is 0 Å². The van der Waals surface area contributed by atoms with Crippen molar-refractivity contribution in [3.63, 3.8) is 0 Å². The fourth-order valence-corrected chi connectivity index (χ4v) is 2.80. The summed E-state index contributed by atoms with van der Waals surface area (Å²) in [6.07, 6.45) is 7.18. The number of hydrogen-bond acceptors (Lipinski definition) is 4. The molecule has 28 heavy (non-hydrogen) atoms. The molecule has 0 saturated heterocycles. The Morgan fingerprint density at radius 2 is 1.00 bits per heavy atom. The second kappa shape index (κ2) is 8.18. The smallest absolute Gasteiger partial charge is 0.0638 e. The molecule has 1 aliphatic rings. The molecule has 0 atom stereocenters. The van der Waals surface area contributed by atoms with Crippen molar-refractivity contribution in [3.8, 4) is 0 Å². The van der Waals surface area contributed by atoms with Gasteiger partial charge in [-0.05, 0) is 85.0 Å². The number of anilines is 4. The molecule has 0 bridgehead atoms. The van der Waals surface area contributed by atoms with E-state index in [0.717, 1.165) is 34.1 Å². The third-order valence-electron chi connectivity index (χ3n) is 4.23. The Hall–Kier alpha value is -3.92. The highest BCUT2D eigenvalue weighted by Gasteiger charge is 2.00. The predicted molar refractivity (Wildman–Crippen MR) is 119 cm³/mol. The Morgan fingerprint density at radius 3 is 1.54 bits per heavy atom. The van der Waals surface area contributed by atoms with E-state index < -0.39 is 0 Å². The zero-order valence-electron chi connectivity index (χ0n) is 15.3. The second-order valence-corrected chi connectivity index (χ2v) is 6.40. The molecule has 4 rings (SSSR count). The molecule has 3 aromatic carbocycles. The molecule has 4 heteroatoms. The van der Waals surface area contributed by atoms with Crippen LogP contribution >= 0.6 is 0 Å². The van der Waals surface area contributed by atoms with Crippen LogP contribution < -0.4 is 10.6 Å². The highest BCUT2D eigenvalue weighted by Crippen LogP contribution is 2.23. The fourth-order valence-electron chi connectivity index (χ4n) is 2.80. The normalized spacial score (nSPS) is 12.7. The summed E-state index contributed by atoms with van der Waals surface area (Å²) in [6.45, 7) is 0. The van der Waals surface area contributed by atoms with Gasteiger partial charge in [0.05, 0.1) is 17.1 Å². The molecule has 0 amide bonds. The Bertz CT molecular complexity index is 1030. The third kappa shape index (κ3) is 4.62. The standard InChI is InChI=1S/C24H20N4/c25-18-6-8-20(9-7-18)27-22-14-16-24(17-15-22)28-23-12-10-21(11-13-23)26-19-4-2-1-3-5-19/h1-17,25-26,28H. The highest BCUT2D eigenvalue weighted by molar-refractivity contribution is 6.18. The lowest BCUT2D eigenvalue weighted by atomic mass is 10.1. The molecule has 0 fully saturated rings. The third-order valence-corrected chi connectivity index (χ3v) is 4.23. The van der Waals surface area contributed by atoms with Gasteiger partial charge in [0.2, 0.25) is 0 Å². The van der Waals surface area contributed by atoms with E-state index in [1.54, 1.807) is 12.2 Å². The van der Waals surface area contributed by atoms with E-state index in [1.165, 1.54) is 0 Å². The van der Waals surface area contributed by atoms with Gasteiger partial charge < -0.3 is 16.0 Å². The number of allylic oxidation sites excluding steroid dienone is 4. The first-order valence-electron chi connectivity index (χ1n) is 9.07. The van der Waals surface area contributed by atoms with E-state index in [4.69, 9.17) is 5.41 Å². The zero-order chi connectivity index (χ0) is 19.2. The van der Waals surface area contributed by atoms with Crippen molar-refractivity contribution in [3.05, 3.63) is 103 Å². The van der Waals surface area contributed by atoms with Gasteiger partial charge in [-0.1, -0.05) is 18.2 Å². The molecule has 0 radical (unpaired) electrons.